The van der Waals surface area contributed by atoms with E-state index in [2.05, 4.69) is 37.0 Å². The molecule has 0 aromatic rings. The molecule has 0 aliphatic rings. The van der Waals surface area contributed by atoms with E-state index in [0.717, 1.165) is 19.6 Å². The van der Waals surface area contributed by atoms with E-state index >= 15 is 0 Å². The minimum Gasteiger partial charge on any atom is -0.354 e. The molecular weight excluding hydrogens is 328 g/mol. The van der Waals surface area contributed by atoms with Crippen LogP contribution in [-0.4, -0.2) is 30.9 Å². The van der Waals surface area contributed by atoms with Crippen molar-refractivity contribution in [2.24, 2.45) is 4.99 Å². The third-order valence-corrected chi connectivity index (χ3v) is 5.40. The van der Waals surface area contributed by atoms with Gasteiger partial charge in [-0.25, -0.2) is 0 Å². The quantitative estimate of drug-likeness (QED) is 0.0799. The van der Waals surface area contributed by atoms with Crippen molar-refractivity contribution in [3.63, 3.8) is 0 Å². The van der Waals surface area contributed by atoms with Crippen LogP contribution in [0.4, 0.5) is 0 Å². The molecule has 0 unspecified atom stereocenters. The summed E-state index contributed by atoms with van der Waals surface area (Å²) in [6.07, 6.45) is 27.9. The maximum absolute atomic E-state index is 4.62. The second kappa shape index (κ2) is 23.5. The van der Waals surface area contributed by atoms with Crippen molar-refractivity contribution in [1.29, 1.82) is 0 Å². The van der Waals surface area contributed by atoms with E-state index in [0.29, 0.717) is 0 Å². The highest BCUT2D eigenvalue weighted by molar-refractivity contribution is 5.54. The molecular formula is C25H51N2. The molecule has 161 valence electrons. The summed E-state index contributed by atoms with van der Waals surface area (Å²) in [6.45, 7) is 10.1. The van der Waals surface area contributed by atoms with Gasteiger partial charge in [-0.15, -0.1) is 0 Å². The fourth-order valence-corrected chi connectivity index (χ4v) is 3.50. The molecule has 2 heteroatoms. The van der Waals surface area contributed by atoms with Crippen molar-refractivity contribution >= 4 is 6.34 Å². The normalized spacial score (nSPS) is 11.5. The Kier molecular flexibility index (Phi) is 23.0. The van der Waals surface area contributed by atoms with Gasteiger partial charge >= 0.3 is 0 Å². The summed E-state index contributed by atoms with van der Waals surface area (Å²) in [6, 6.07) is 0. The van der Waals surface area contributed by atoms with Crippen LogP contribution in [-0.2, 0) is 0 Å². The number of hydrogen-bond donors (Lipinski definition) is 0. The zero-order valence-corrected chi connectivity index (χ0v) is 19.2. The predicted molar refractivity (Wildman–Crippen MR) is 124 cm³/mol. The van der Waals surface area contributed by atoms with Crippen LogP contribution >= 0.6 is 0 Å². The Morgan fingerprint density at radius 2 is 0.852 bits per heavy atom. The molecule has 0 fully saturated rings. The van der Waals surface area contributed by atoms with Gasteiger partial charge in [0.1, 0.15) is 0 Å². The van der Waals surface area contributed by atoms with Crippen LogP contribution in [0, 0.1) is 0 Å². The highest BCUT2D eigenvalue weighted by atomic mass is 15.1. The van der Waals surface area contributed by atoms with Crippen molar-refractivity contribution in [3.8, 4) is 0 Å². The fourth-order valence-electron chi connectivity index (χ4n) is 3.50. The number of nitrogens with zero attached hydrogens (tertiary/aromatic N) is 2. The van der Waals surface area contributed by atoms with Crippen molar-refractivity contribution in [3.05, 3.63) is 0 Å². The second-order valence-electron chi connectivity index (χ2n) is 8.27. The van der Waals surface area contributed by atoms with E-state index in [9.17, 15) is 0 Å². The van der Waals surface area contributed by atoms with Gasteiger partial charge in [-0.2, -0.15) is 0 Å². The summed E-state index contributed by atoms with van der Waals surface area (Å²) in [5.41, 5.74) is 0. The number of hydrogen-bond acceptors (Lipinski definition) is 1. The molecule has 0 amide bonds. The topological polar surface area (TPSA) is 15.6 Å². The first-order chi connectivity index (χ1) is 13.3. The van der Waals surface area contributed by atoms with Crippen molar-refractivity contribution in [1.82, 2.24) is 4.90 Å². The first-order valence-electron chi connectivity index (χ1n) is 12.5. The van der Waals surface area contributed by atoms with E-state index in [1.807, 2.05) is 0 Å². The van der Waals surface area contributed by atoms with E-state index in [1.54, 1.807) is 0 Å². The molecule has 0 saturated heterocycles. The lowest BCUT2D eigenvalue weighted by Crippen LogP contribution is -2.24. The molecule has 0 rings (SSSR count). The van der Waals surface area contributed by atoms with E-state index in [4.69, 9.17) is 0 Å². The molecule has 0 aliphatic carbocycles. The zero-order valence-electron chi connectivity index (χ0n) is 19.2. The van der Waals surface area contributed by atoms with Gasteiger partial charge in [-0.05, 0) is 19.3 Å². The summed E-state index contributed by atoms with van der Waals surface area (Å²) < 4.78 is 0. The van der Waals surface area contributed by atoms with Crippen molar-refractivity contribution in [2.75, 3.05) is 19.6 Å². The summed E-state index contributed by atoms with van der Waals surface area (Å²) in [5, 5.41) is 0. The van der Waals surface area contributed by atoms with Crippen LogP contribution in [0.1, 0.15) is 136 Å². The largest absolute Gasteiger partial charge is 0.354 e. The lowest BCUT2D eigenvalue weighted by atomic mass is 10.1. The Hall–Kier alpha value is -0.530. The van der Waals surface area contributed by atoms with Crippen molar-refractivity contribution in [2.45, 2.75) is 136 Å². The third kappa shape index (κ3) is 21.6. The molecule has 0 spiro atoms. The number of aliphatic imine (C=N–C) groups is 1. The molecule has 0 atom stereocenters. The van der Waals surface area contributed by atoms with Crippen LogP contribution in [0.15, 0.2) is 4.99 Å². The SMILES string of the molecule is CCCCCCCC/N=[C]/N(CCCCCCCC)CCCCCCCC. The lowest BCUT2D eigenvalue weighted by molar-refractivity contribution is 0.392. The average molecular weight is 380 g/mol. The predicted octanol–water partition coefficient (Wildman–Crippen LogP) is 8.28. The minimum absolute atomic E-state index is 0.968. The molecule has 1 radical (unpaired) electrons. The van der Waals surface area contributed by atoms with Gasteiger partial charge in [-0.1, -0.05) is 117 Å². The lowest BCUT2D eigenvalue weighted by Gasteiger charge is -2.18. The zero-order chi connectivity index (χ0) is 19.8. The summed E-state index contributed by atoms with van der Waals surface area (Å²) in [7, 11) is 0. The summed E-state index contributed by atoms with van der Waals surface area (Å²) in [4.78, 5) is 7.01. The monoisotopic (exact) mass is 379 g/mol. The average Bonchev–Trinajstić information content (AvgIpc) is 2.68. The summed E-state index contributed by atoms with van der Waals surface area (Å²) >= 11 is 0. The standard InChI is InChI=1S/C25H51N2/c1-4-7-10-13-16-19-22-26-25-27(23-20-17-14-11-8-5-2)24-21-18-15-12-9-6-3/h4-24H2,1-3H3. The Morgan fingerprint density at radius 3 is 1.30 bits per heavy atom. The first-order valence-corrected chi connectivity index (χ1v) is 12.5. The minimum atomic E-state index is 0.968. The molecule has 0 heterocycles. The number of rotatable bonds is 22. The molecule has 0 saturated carbocycles. The molecule has 27 heavy (non-hydrogen) atoms. The van der Waals surface area contributed by atoms with Crippen LogP contribution in [0.5, 0.6) is 0 Å². The number of unbranched alkanes of at least 4 members (excludes halogenated alkanes) is 15. The summed E-state index contributed by atoms with van der Waals surface area (Å²) in [5.74, 6) is 0. The van der Waals surface area contributed by atoms with E-state index in [1.165, 1.54) is 116 Å². The Balaban J connectivity index is 3.90. The van der Waals surface area contributed by atoms with E-state index < -0.39 is 0 Å². The van der Waals surface area contributed by atoms with E-state index in [-0.39, 0.29) is 0 Å². The molecule has 0 aliphatic heterocycles. The third-order valence-electron chi connectivity index (χ3n) is 5.40. The maximum atomic E-state index is 4.62. The highest BCUT2D eigenvalue weighted by Gasteiger charge is 2.02. The van der Waals surface area contributed by atoms with Gasteiger partial charge in [0.15, 0.2) is 6.34 Å². The fraction of sp³-hybridized carbons (Fsp3) is 0.960. The molecule has 0 N–H and O–H groups in total. The van der Waals surface area contributed by atoms with Crippen LogP contribution in [0.2, 0.25) is 0 Å². The highest BCUT2D eigenvalue weighted by Crippen LogP contribution is 2.09. The molecule has 0 aromatic carbocycles. The van der Waals surface area contributed by atoms with Gasteiger partial charge in [0.05, 0.1) is 0 Å². The second-order valence-corrected chi connectivity index (χ2v) is 8.27. The van der Waals surface area contributed by atoms with Gasteiger partial charge < -0.3 is 4.90 Å². The van der Waals surface area contributed by atoms with Gasteiger partial charge in [0, 0.05) is 19.6 Å². The van der Waals surface area contributed by atoms with Crippen LogP contribution < -0.4 is 0 Å². The molecule has 0 bridgehead atoms. The van der Waals surface area contributed by atoms with Gasteiger partial charge in [-0.3, -0.25) is 4.99 Å². The first kappa shape index (κ1) is 26.5. The Labute approximate surface area is 172 Å². The maximum Gasteiger partial charge on any atom is 0.166 e. The van der Waals surface area contributed by atoms with Crippen LogP contribution in [0.25, 0.3) is 0 Å². The Morgan fingerprint density at radius 1 is 0.481 bits per heavy atom. The Bertz CT molecular complexity index is 272. The smallest absolute Gasteiger partial charge is 0.166 e. The van der Waals surface area contributed by atoms with Gasteiger partial charge in [0.25, 0.3) is 0 Å². The molecule has 0 aromatic heterocycles. The molecule has 2 nitrogen and oxygen atoms in total. The van der Waals surface area contributed by atoms with Crippen LogP contribution in [0.3, 0.4) is 0 Å². The van der Waals surface area contributed by atoms with Gasteiger partial charge in [0.2, 0.25) is 0 Å². The van der Waals surface area contributed by atoms with Crippen molar-refractivity contribution < 1.29 is 0 Å².